The second kappa shape index (κ2) is 4.88. The van der Waals surface area contributed by atoms with E-state index in [1.807, 2.05) is 0 Å². The van der Waals surface area contributed by atoms with Crippen molar-refractivity contribution in [3.8, 4) is 11.4 Å². The van der Waals surface area contributed by atoms with E-state index in [4.69, 9.17) is 27.7 Å². The second-order valence-corrected chi connectivity index (χ2v) is 5.18. The van der Waals surface area contributed by atoms with Gasteiger partial charge in [0.2, 0.25) is 11.7 Å². The Balaban J connectivity index is 1.92. The molecule has 0 bridgehead atoms. The van der Waals surface area contributed by atoms with E-state index < -0.39 is 0 Å². The molecule has 6 heteroatoms. The first-order valence-electron chi connectivity index (χ1n) is 5.73. The first-order valence-corrected chi connectivity index (χ1v) is 6.49. The van der Waals surface area contributed by atoms with Gasteiger partial charge in [-0.25, -0.2) is 0 Å². The molecule has 0 spiro atoms. The van der Waals surface area contributed by atoms with Crippen molar-refractivity contribution in [1.82, 2.24) is 15.5 Å². The van der Waals surface area contributed by atoms with Crippen LogP contribution in [0.4, 0.5) is 0 Å². The summed E-state index contributed by atoms with van der Waals surface area (Å²) in [7, 11) is 0. The zero-order valence-corrected chi connectivity index (χ0v) is 11.0. The summed E-state index contributed by atoms with van der Waals surface area (Å²) in [5, 5.41) is 8.37. The Bertz CT molecular complexity index is 544. The minimum atomic E-state index is 0.306. The first-order chi connectivity index (χ1) is 8.72. The van der Waals surface area contributed by atoms with Crippen LogP contribution in [-0.4, -0.2) is 23.2 Å². The van der Waals surface area contributed by atoms with E-state index in [2.05, 4.69) is 15.5 Å². The smallest absolute Gasteiger partial charge is 0.231 e. The number of nitrogens with zero attached hydrogens (tertiary/aromatic N) is 2. The lowest BCUT2D eigenvalue weighted by Gasteiger charge is -1.99. The van der Waals surface area contributed by atoms with E-state index in [-0.39, 0.29) is 0 Å². The summed E-state index contributed by atoms with van der Waals surface area (Å²) in [5.74, 6) is 1.51. The standard InChI is InChI=1S/C12H11Cl2N3O/c13-9-3-8(4-10(14)5-9)11-16-12(18-17-11)7-1-2-15-6-7/h3-5,7,15H,1-2,6H2. The molecule has 1 saturated heterocycles. The van der Waals surface area contributed by atoms with Crippen LogP contribution < -0.4 is 5.32 Å². The number of halogens is 2. The summed E-state index contributed by atoms with van der Waals surface area (Å²) < 4.78 is 5.30. The Morgan fingerprint density at radius 2 is 2.00 bits per heavy atom. The lowest BCUT2D eigenvalue weighted by atomic mass is 10.1. The Morgan fingerprint density at radius 3 is 2.67 bits per heavy atom. The van der Waals surface area contributed by atoms with Crippen molar-refractivity contribution in [1.29, 1.82) is 0 Å². The van der Waals surface area contributed by atoms with Crippen LogP contribution in [0.25, 0.3) is 11.4 Å². The predicted octanol–water partition coefficient (Wildman–Crippen LogP) is 3.12. The third kappa shape index (κ3) is 2.36. The molecule has 1 aliphatic heterocycles. The number of benzene rings is 1. The highest BCUT2D eigenvalue weighted by Gasteiger charge is 2.23. The van der Waals surface area contributed by atoms with Gasteiger partial charge in [0.1, 0.15) is 0 Å². The molecular weight excluding hydrogens is 273 g/mol. The number of hydrogen-bond donors (Lipinski definition) is 1. The van der Waals surface area contributed by atoms with Crippen molar-refractivity contribution in [2.24, 2.45) is 0 Å². The zero-order chi connectivity index (χ0) is 12.5. The molecule has 1 N–H and O–H groups in total. The monoisotopic (exact) mass is 283 g/mol. The maximum atomic E-state index is 5.95. The molecule has 1 aromatic heterocycles. The summed E-state index contributed by atoms with van der Waals surface area (Å²) in [5.41, 5.74) is 0.772. The van der Waals surface area contributed by atoms with Crippen LogP contribution >= 0.6 is 23.2 Å². The van der Waals surface area contributed by atoms with E-state index in [1.165, 1.54) is 0 Å². The van der Waals surface area contributed by atoms with Crippen LogP contribution in [0.2, 0.25) is 10.0 Å². The first kappa shape index (κ1) is 12.0. The molecule has 0 saturated carbocycles. The lowest BCUT2D eigenvalue weighted by Crippen LogP contribution is -2.08. The van der Waals surface area contributed by atoms with Crippen molar-refractivity contribution in [2.45, 2.75) is 12.3 Å². The largest absolute Gasteiger partial charge is 0.339 e. The van der Waals surface area contributed by atoms with Crippen molar-refractivity contribution in [3.05, 3.63) is 34.1 Å². The third-order valence-corrected chi connectivity index (χ3v) is 3.41. The van der Waals surface area contributed by atoms with Gasteiger partial charge in [0.15, 0.2) is 0 Å². The maximum Gasteiger partial charge on any atom is 0.231 e. The molecule has 1 fully saturated rings. The van der Waals surface area contributed by atoms with Gasteiger partial charge in [-0.1, -0.05) is 28.4 Å². The van der Waals surface area contributed by atoms with Gasteiger partial charge < -0.3 is 9.84 Å². The number of rotatable bonds is 2. The van der Waals surface area contributed by atoms with Gasteiger partial charge in [0.05, 0.1) is 5.92 Å². The third-order valence-electron chi connectivity index (χ3n) is 2.97. The normalized spacial score (nSPS) is 19.3. The van der Waals surface area contributed by atoms with E-state index in [0.717, 1.165) is 25.1 Å². The topological polar surface area (TPSA) is 51.0 Å². The Labute approximate surface area is 114 Å². The predicted molar refractivity (Wildman–Crippen MR) is 70.0 cm³/mol. The van der Waals surface area contributed by atoms with Crippen molar-refractivity contribution in [3.63, 3.8) is 0 Å². The van der Waals surface area contributed by atoms with Gasteiger partial charge in [-0.3, -0.25) is 0 Å². The van der Waals surface area contributed by atoms with Crippen LogP contribution in [0.1, 0.15) is 18.2 Å². The van der Waals surface area contributed by atoms with Gasteiger partial charge in [-0.05, 0) is 31.2 Å². The molecule has 18 heavy (non-hydrogen) atoms. The molecule has 0 aliphatic carbocycles. The fourth-order valence-electron chi connectivity index (χ4n) is 2.07. The molecule has 0 radical (unpaired) electrons. The molecule has 1 unspecified atom stereocenters. The van der Waals surface area contributed by atoms with Gasteiger partial charge in [0.25, 0.3) is 0 Å². The molecule has 0 amide bonds. The van der Waals surface area contributed by atoms with E-state index in [9.17, 15) is 0 Å². The molecule has 1 aromatic carbocycles. The van der Waals surface area contributed by atoms with E-state index >= 15 is 0 Å². The molecule has 4 nitrogen and oxygen atoms in total. The second-order valence-electron chi connectivity index (χ2n) is 4.30. The minimum absolute atomic E-state index is 0.306. The van der Waals surface area contributed by atoms with Crippen LogP contribution in [0.5, 0.6) is 0 Å². The van der Waals surface area contributed by atoms with Gasteiger partial charge >= 0.3 is 0 Å². The summed E-state index contributed by atoms with van der Waals surface area (Å²) >= 11 is 11.9. The lowest BCUT2D eigenvalue weighted by molar-refractivity contribution is 0.359. The number of aromatic nitrogens is 2. The summed E-state index contributed by atoms with van der Waals surface area (Å²) in [6.07, 6.45) is 1.03. The SMILES string of the molecule is Clc1cc(Cl)cc(-c2noc(C3CCNC3)n2)c1. The average Bonchev–Trinajstić information content (AvgIpc) is 2.99. The highest BCUT2D eigenvalue weighted by atomic mass is 35.5. The fourth-order valence-corrected chi connectivity index (χ4v) is 2.59. The Kier molecular flexibility index (Phi) is 3.24. The molecule has 1 aliphatic rings. The summed E-state index contributed by atoms with van der Waals surface area (Å²) in [6.45, 7) is 1.88. The van der Waals surface area contributed by atoms with Crippen LogP contribution in [0.15, 0.2) is 22.7 Å². The molecule has 2 heterocycles. The van der Waals surface area contributed by atoms with Crippen LogP contribution in [0, 0.1) is 0 Å². The summed E-state index contributed by atoms with van der Waals surface area (Å²) in [6, 6.07) is 5.22. The van der Waals surface area contributed by atoms with E-state index in [0.29, 0.717) is 27.7 Å². The van der Waals surface area contributed by atoms with Crippen molar-refractivity contribution >= 4 is 23.2 Å². The minimum Gasteiger partial charge on any atom is -0.339 e. The molecule has 1 atom stereocenters. The van der Waals surface area contributed by atoms with Gasteiger partial charge in [-0.2, -0.15) is 4.98 Å². The highest BCUT2D eigenvalue weighted by molar-refractivity contribution is 6.35. The Hall–Kier alpha value is -1.10. The van der Waals surface area contributed by atoms with Crippen LogP contribution in [0.3, 0.4) is 0 Å². The maximum absolute atomic E-state index is 5.95. The van der Waals surface area contributed by atoms with Crippen molar-refractivity contribution < 1.29 is 4.52 Å². The van der Waals surface area contributed by atoms with Crippen LogP contribution in [-0.2, 0) is 0 Å². The molecular formula is C12H11Cl2N3O. The molecule has 3 rings (SSSR count). The van der Waals surface area contributed by atoms with Gasteiger partial charge in [0, 0.05) is 22.2 Å². The van der Waals surface area contributed by atoms with Crippen molar-refractivity contribution in [2.75, 3.05) is 13.1 Å². The number of hydrogen-bond acceptors (Lipinski definition) is 4. The summed E-state index contributed by atoms with van der Waals surface area (Å²) in [4.78, 5) is 4.41. The fraction of sp³-hybridized carbons (Fsp3) is 0.333. The Morgan fingerprint density at radius 1 is 1.22 bits per heavy atom. The highest BCUT2D eigenvalue weighted by Crippen LogP contribution is 2.27. The average molecular weight is 284 g/mol. The van der Waals surface area contributed by atoms with E-state index in [1.54, 1.807) is 18.2 Å². The number of nitrogens with one attached hydrogen (secondary N) is 1. The zero-order valence-electron chi connectivity index (χ0n) is 9.49. The molecule has 2 aromatic rings. The molecule has 94 valence electrons. The quantitative estimate of drug-likeness (QED) is 0.920. The van der Waals surface area contributed by atoms with Gasteiger partial charge in [-0.15, -0.1) is 0 Å².